The van der Waals surface area contributed by atoms with Gasteiger partial charge in [-0.1, -0.05) is 35.9 Å². The van der Waals surface area contributed by atoms with Crippen molar-refractivity contribution in [2.45, 2.75) is 0 Å². The average Bonchev–Trinajstić information content (AvgIpc) is 2.57. The van der Waals surface area contributed by atoms with Gasteiger partial charge in [-0.15, -0.1) is 0 Å². The van der Waals surface area contributed by atoms with E-state index in [1.54, 1.807) is 12.4 Å². The van der Waals surface area contributed by atoms with Crippen molar-refractivity contribution >= 4 is 52.5 Å². The number of hydrogen-bond donors (Lipinski definition) is 2. The first-order valence-electron chi connectivity index (χ1n) is 7.04. The number of anilines is 3. The molecule has 0 aliphatic carbocycles. The molecule has 7 heteroatoms. The summed E-state index contributed by atoms with van der Waals surface area (Å²) < 4.78 is 0. The van der Waals surface area contributed by atoms with Gasteiger partial charge in [-0.25, -0.2) is 4.98 Å². The van der Waals surface area contributed by atoms with Crippen molar-refractivity contribution in [1.29, 1.82) is 0 Å². The van der Waals surface area contributed by atoms with E-state index in [0.717, 1.165) is 16.8 Å². The van der Waals surface area contributed by atoms with E-state index >= 15 is 0 Å². The first-order chi connectivity index (χ1) is 11.6. The third-order valence-corrected chi connectivity index (χ3v) is 3.57. The van der Waals surface area contributed by atoms with Gasteiger partial charge >= 0.3 is 0 Å². The predicted octanol–water partition coefficient (Wildman–Crippen LogP) is 4.67. The van der Waals surface area contributed by atoms with Crippen molar-refractivity contribution in [3.05, 3.63) is 70.4 Å². The van der Waals surface area contributed by atoms with Crippen molar-refractivity contribution in [2.75, 3.05) is 11.1 Å². The standard InChI is InChI=1S/C17H13Cl2N5/c18-15-10-22-17(19)24-16(15)23-14-3-1-2-11(7-14)4-5-12-6-13(20)9-21-8-12/h1-10H,20H2,(H,22,23,24)/b5-4-. The molecule has 3 rings (SSSR count). The smallest absolute Gasteiger partial charge is 0.224 e. The summed E-state index contributed by atoms with van der Waals surface area (Å²) in [5, 5.41) is 3.65. The quantitative estimate of drug-likeness (QED) is 0.663. The second-order valence-corrected chi connectivity index (χ2v) is 5.72. The molecular weight excluding hydrogens is 345 g/mol. The number of hydrogen-bond acceptors (Lipinski definition) is 5. The van der Waals surface area contributed by atoms with Crippen molar-refractivity contribution in [3.63, 3.8) is 0 Å². The summed E-state index contributed by atoms with van der Waals surface area (Å²) >= 11 is 11.9. The summed E-state index contributed by atoms with van der Waals surface area (Å²) in [7, 11) is 0. The van der Waals surface area contributed by atoms with Crippen LogP contribution in [0.2, 0.25) is 10.3 Å². The maximum Gasteiger partial charge on any atom is 0.224 e. The number of benzene rings is 1. The fourth-order valence-electron chi connectivity index (χ4n) is 2.05. The highest BCUT2D eigenvalue weighted by Crippen LogP contribution is 2.24. The first kappa shape index (κ1) is 16.2. The SMILES string of the molecule is Nc1cncc(/C=C\c2cccc(Nc3nc(Cl)ncc3Cl)c2)c1. The third kappa shape index (κ3) is 4.22. The van der Waals surface area contributed by atoms with Gasteiger partial charge in [0.15, 0.2) is 5.82 Å². The number of nitrogens with two attached hydrogens (primary N) is 1. The molecule has 2 aromatic heterocycles. The Bertz CT molecular complexity index is 896. The van der Waals surface area contributed by atoms with Crippen LogP contribution < -0.4 is 11.1 Å². The molecule has 0 atom stereocenters. The predicted molar refractivity (Wildman–Crippen MR) is 99.4 cm³/mol. The van der Waals surface area contributed by atoms with E-state index in [4.69, 9.17) is 28.9 Å². The molecule has 1 aromatic carbocycles. The monoisotopic (exact) mass is 357 g/mol. The van der Waals surface area contributed by atoms with Crippen LogP contribution in [0.3, 0.4) is 0 Å². The largest absolute Gasteiger partial charge is 0.397 e. The zero-order chi connectivity index (χ0) is 16.9. The van der Waals surface area contributed by atoms with E-state index < -0.39 is 0 Å². The molecule has 3 N–H and O–H groups in total. The lowest BCUT2D eigenvalue weighted by Gasteiger charge is -2.08. The van der Waals surface area contributed by atoms with Crippen LogP contribution in [0.5, 0.6) is 0 Å². The molecule has 0 aliphatic rings. The molecule has 3 aromatic rings. The Hall–Kier alpha value is -2.63. The van der Waals surface area contributed by atoms with Crippen LogP contribution in [0.1, 0.15) is 11.1 Å². The van der Waals surface area contributed by atoms with E-state index in [1.165, 1.54) is 6.20 Å². The summed E-state index contributed by atoms with van der Waals surface area (Å²) in [6.07, 6.45) is 8.72. The maximum absolute atomic E-state index is 6.06. The van der Waals surface area contributed by atoms with E-state index in [1.807, 2.05) is 42.5 Å². The molecule has 0 saturated heterocycles. The fourth-order valence-corrected chi connectivity index (χ4v) is 2.32. The van der Waals surface area contributed by atoms with Crippen LogP contribution in [0, 0.1) is 0 Å². The number of rotatable bonds is 4. The molecule has 0 spiro atoms. The fraction of sp³-hybridized carbons (Fsp3) is 0. The minimum Gasteiger partial charge on any atom is -0.397 e. The highest BCUT2D eigenvalue weighted by molar-refractivity contribution is 6.33. The average molecular weight is 358 g/mol. The summed E-state index contributed by atoms with van der Waals surface area (Å²) in [5.41, 5.74) is 9.11. The van der Waals surface area contributed by atoms with Gasteiger partial charge in [0.25, 0.3) is 0 Å². The summed E-state index contributed by atoms with van der Waals surface area (Å²) in [6.45, 7) is 0. The van der Waals surface area contributed by atoms with Crippen LogP contribution in [-0.4, -0.2) is 15.0 Å². The summed E-state index contributed by atoms with van der Waals surface area (Å²) in [5.74, 6) is 0.456. The lowest BCUT2D eigenvalue weighted by molar-refractivity contribution is 1.17. The Morgan fingerprint density at radius 1 is 1.00 bits per heavy atom. The van der Waals surface area contributed by atoms with E-state index in [9.17, 15) is 0 Å². The third-order valence-electron chi connectivity index (χ3n) is 3.11. The molecule has 24 heavy (non-hydrogen) atoms. The molecule has 0 aliphatic heterocycles. The van der Waals surface area contributed by atoms with E-state index in [-0.39, 0.29) is 5.28 Å². The number of nitrogen functional groups attached to an aromatic ring is 1. The molecule has 2 heterocycles. The van der Waals surface area contributed by atoms with Gasteiger partial charge < -0.3 is 11.1 Å². The number of aromatic nitrogens is 3. The van der Waals surface area contributed by atoms with Crippen molar-refractivity contribution in [2.24, 2.45) is 0 Å². The van der Waals surface area contributed by atoms with E-state index in [2.05, 4.69) is 20.3 Å². The van der Waals surface area contributed by atoms with Crippen LogP contribution in [0.25, 0.3) is 12.2 Å². The zero-order valence-electron chi connectivity index (χ0n) is 12.4. The van der Waals surface area contributed by atoms with Gasteiger partial charge in [0.2, 0.25) is 5.28 Å². The number of halogens is 2. The van der Waals surface area contributed by atoms with Gasteiger partial charge in [-0.2, -0.15) is 4.98 Å². The molecule has 5 nitrogen and oxygen atoms in total. The van der Waals surface area contributed by atoms with Gasteiger partial charge in [-0.3, -0.25) is 4.98 Å². The van der Waals surface area contributed by atoms with Crippen LogP contribution >= 0.6 is 23.2 Å². The Labute approximate surface area is 149 Å². The summed E-state index contributed by atoms with van der Waals surface area (Å²) in [6, 6.07) is 9.63. The Balaban J connectivity index is 1.80. The Morgan fingerprint density at radius 3 is 2.67 bits per heavy atom. The second kappa shape index (κ2) is 7.29. The molecule has 0 fully saturated rings. The number of nitrogens with one attached hydrogen (secondary N) is 1. The highest BCUT2D eigenvalue weighted by Gasteiger charge is 2.04. The topological polar surface area (TPSA) is 76.7 Å². The van der Waals surface area contributed by atoms with Gasteiger partial charge in [0.05, 0.1) is 11.9 Å². The molecule has 0 bridgehead atoms. The van der Waals surface area contributed by atoms with Gasteiger partial charge in [0.1, 0.15) is 5.02 Å². The Kier molecular flexibility index (Phi) is 4.93. The normalized spacial score (nSPS) is 10.9. The van der Waals surface area contributed by atoms with Crippen molar-refractivity contribution in [3.8, 4) is 0 Å². The van der Waals surface area contributed by atoms with E-state index in [0.29, 0.717) is 16.5 Å². The zero-order valence-corrected chi connectivity index (χ0v) is 14.0. The number of nitrogens with zero attached hydrogens (tertiary/aromatic N) is 3. The number of pyridine rings is 1. The lowest BCUT2D eigenvalue weighted by Crippen LogP contribution is -1.96. The molecule has 0 radical (unpaired) electrons. The van der Waals surface area contributed by atoms with Crippen molar-refractivity contribution in [1.82, 2.24) is 15.0 Å². The molecule has 0 saturated carbocycles. The summed E-state index contributed by atoms with van der Waals surface area (Å²) in [4.78, 5) is 12.0. The first-order valence-corrected chi connectivity index (χ1v) is 7.79. The Morgan fingerprint density at radius 2 is 1.83 bits per heavy atom. The van der Waals surface area contributed by atoms with Crippen LogP contribution in [-0.2, 0) is 0 Å². The minimum atomic E-state index is 0.132. The lowest BCUT2D eigenvalue weighted by atomic mass is 10.1. The minimum absolute atomic E-state index is 0.132. The maximum atomic E-state index is 6.06. The van der Waals surface area contributed by atoms with Gasteiger partial charge in [0, 0.05) is 18.1 Å². The van der Waals surface area contributed by atoms with Crippen LogP contribution in [0.4, 0.5) is 17.2 Å². The molecule has 0 unspecified atom stereocenters. The van der Waals surface area contributed by atoms with Gasteiger partial charge in [-0.05, 0) is 40.9 Å². The van der Waals surface area contributed by atoms with Crippen molar-refractivity contribution < 1.29 is 0 Å². The second-order valence-electron chi connectivity index (χ2n) is 4.97. The van der Waals surface area contributed by atoms with Crippen LogP contribution in [0.15, 0.2) is 48.9 Å². The highest BCUT2D eigenvalue weighted by atomic mass is 35.5. The molecule has 120 valence electrons. The molecular formula is C17H13Cl2N5. The molecule has 0 amide bonds.